The van der Waals surface area contributed by atoms with Crippen molar-refractivity contribution in [2.45, 2.75) is 49.5 Å². The number of nitrogens with zero attached hydrogens (tertiary/aromatic N) is 1. The van der Waals surface area contributed by atoms with Crippen LogP contribution in [-0.2, 0) is 20.6 Å². The fraction of sp³-hybridized carbons (Fsp3) is 0.650. The maximum absolute atomic E-state index is 12.9. The third-order valence-corrected chi connectivity index (χ3v) is 9.46. The molecule has 1 heterocycles. The molecule has 162 valence electrons. The summed E-state index contributed by atoms with van der Waals surface area (Å²) in [5, 5.41) is 4.41. The minimum Gasteiger partial charge on any atom is -0.355 e. The summed E-state index contributed by atoms with van der Waals surface area (Å²) in [5.74, 6) is 0.304. The third kappa shape index (κ3) is 6.50. The van der Waals surface area contributed by atoms with Gasteiger partial charge in [0.2, 0.25) is 15.9 Å². The van der Waals surface area contributed by atoms with Crippen molar-refractivity contribution in [3.8, 4) is 0 Å². The smallest absolute Gasteiger partial charge is 0.224 e. The lowest BCUT2D eigenvalue weighted by Crippen LogP contribution is -2.46. The van der Waals surface area contributed by atoms with Crippen molar-refractivity contribution in [2.24, 2.45) is 5.92 Å². The predicted octanol–water partition coefficient (Wildman–Crippen LogP) is 4.33. The number of sulfonamides is 1. The van der Waals surface area contributed by atoms with E-state index in [9.17, 15) is 13.2 Å². The van der Waals surface area contributed by atoms with Gasteiger partial charge in [0.1, 0.15) is 0 Å². The van der Waals surface area contributed by atoms with E-state index in [-0.39, 0.29) is 24.1 Å². The normalized spacial score (nSPS) is 21.4. The number of carbonyl (C=O) groups is 1. The summed E-state index contributed by atoms with van der Waals surface area (Å²) < 4.78 is 27.2. The van der Waals surface area contributed by atoms with E-state index in [1.54, 1.807) is 18.2 Å². The number of piperidine rings is 1. The number of benzene rings is 1. The Morgan fingerprint density at radius 2 is 1.83 bits per heavy atom. The second kappa shape index (κ2) is 10.7. The van der Waals surface area contributed by atoms with E-state index in [0.717, 1.165) is 11.0 Å². The molecule has 0 radical (unpaired) electrons. The summed E-state index contributed by atoms with van der Waals surface area (Å²) in [6.07, 6.45) is 6.57. The lowest BCUT2D eigenvalue weighted by atomic mass is 9.99. The molecule has 5 nitrogen and oxygen atoms in total. The highest BCUT2D eigenvalue weighted by Gasteiger charge is 2.33. The summed E-state index contributed by atoms with van der Waals surface area (Å²) >= 11 is 14.2. The molecule has 0 aromatic heterocycles. The molecule has 1 aromatic carbocycles. The average molecular weight is 479 g/mol. The molecule has 0 spiro atoms. The Labute approximate surface area is 187 Å². The molecule has 1 aliphatic carbocycles. The molecule has 1 unspecified atom stereocenters. The van der Waals surface area contributed by atoms with E-state index in [1.807, 2.05) is 11.8 Å². The molecule has 3 rings (SSSR count). The van der Waals surface area contributed by atoms with Crippen LogP contribution < -0.4 is 5.32 Å². The zero-order valence-corrected chi connectivity index (χ0v) is 19.6. The van der Waals surface area contributed by atoms with Gasteiger partial charge in [-0.1, -0.05) is 42.1 Å². The maximum atomic E-state index is 12.9. The van der Waals surface area contributed by atoms with Crippen LogP contribution >= 0.6 is 35.0 Å². The van der Waals surface area contributed by atoms with E-state index in [0.29, 0.717) is 41.5 Å². The number of halogens is 2. The first-order chi connectivity index (χ1) is 13.9. The van der Waals surface area contributed by atoms with Crippen molar-refractivity contribution < 1.29 is 13.2 Å². The molecule has 1 N–H and O–H groups in total. The first-order valence-corrected chi connectivity index (χ1v) is 13.6. The zero-order chi connectivity index (χ0) is 20.9. The summed E-state index contributed by atoms with van der Waals surface area (Å²) in [5.41, 5.74) is 0.409. The molecule has 1 atom stereocenters. The maximum Gasteiger partial charge on any atom is 0.224 e. The van der Waals surface area contributed by atoms with E-state index in [4.69, 9.17) is 23.2 Å². The van der Waals surface area contributed by atoms with Crippen LogP contribution in [0, 0.1) is 5.92 Å². The lowest BCUT2D eigenvalue weighted by Gasteiger charge is -2.31. The largest absolute Gasteiger partial charge is 0.355 e. The topological polar surface area (TPSA) is 66.5 Å². The number of hydrogen-bond acceptors (Lipinski definition) is 4. The quantitative estimate of drug-likeness (QED) is 0.564. The molecule has 2 fully saturated rings. The molecule has 1 aliphatic heterocycles. The first-order valence-electron chi connectivity index (χ1n) is 10.2. The first kappa shape index (κ1) is 23.2. The van der Waals surface area contributed by atoms with E-state index < -0.39 is 10.0 Å². The highest BCUT2D eigenvalue weighted by molar-refractivity contribution is 7.99. The molecule has 1 amide bonds. The minimum absolute atomic E-state index is 0.0484. The predicted molar refractivity (Wildman–Crippen MR) is 121 cm³/mol. The Hall–Kier alpha value is -0.470. The Bertz CT molecular complexity index is 794. The van der Waals surface area contributed by atoms with Gasteiger partial charge in [0.15, 0.2) is 0 Å². The third-order valence-electron chi connectivity index (χ3n) is 5.59. The van der Waals surface area contributed by atoms with Gasteiger partial charge in [-0.3, -0.25) is 4.79 Å². The van der Waals surface area contributed by atoms with E-state index in [1.165, 1.54) is 30.0 Å². The molecule has 1 saturated carbocycles. The number of thioether (sulfide) groups is 1. The van der Waals surface area contributed by atoms with Gasteiger partial charge in [0, 0.05) is 46.2 Å². The van der Waals surface area contributed by atoms with Crippen molar-refractivity contribution in [3.63, 3.8) is 0 Å². The Morgan fingerprint density at radius 1 is 1.14 bits per heavy atom. The molecular formula is C20H28Cl2N2O3S2. The van der Waals surface area contributed by atoms with Gasteiger partial charge in [-0.05, 0) is 37.8 Å². The molecule has 0 bridgehead atoms. The van der Waals surface area contributed by atoms with Crippen LogP contribution in [0.15, 0.2) is 18.2 Å². The molecule has 1 aromatic rings. The van der Waals surface area contributed by atoms with Crippen LogP contribution in [-0.4, -0.2) is 49.3 Å². The molecule has 29 heavy (non-hydrogen) atoms. The molecular weight excluding hydrogens is 451 g/mol. The number of hydrogen-bond donors (Lipinski definition) is 1. The number of amides is 1. The van der Waals surface area contributed by atoms with Crippen molar-refractivity contribution in [3.05, 3.63) is 33.8 Å². The minimum atomic E-state index is -3.60. The van der Waals surface area contributed by atoms with Gasteiger partial charge < -0.3 is 5.32 Å². The second-order valence-electron chi connectivity index (χ2n) is 7.72. The summed E-state index contributed by atoms with van der Waals surface area (Å²) in [7, 11) is -3.60. The summed E-state index contributed by atoms with van der Waals surface area (Å²) in [6, 6.07) is 4.95. The van der Waals surface area contributed by atoms with Crippen LogP contribution in [0.25, 0.3) is 0 Å². The summed E-state index contributed by atoms with van der Waals surface area (Å²) in [4.78, 5) is 12.5. The zero-order valence-electron chi connectivity index (χ0n) is 16.4. The van der Waals surface area contributed by atoms with Crippen LogP contribution in [0.5, 0.6) is 0 Å². The molecule has 9 heteroatoms. The lowest BCUT2D eigenvalue weighted by molar-refractivity contribution is -0.125. The van der Waals surface area contributed by atoms with E-state index >= 15 is 0 Å². The van der Waals surface area contributed by atoms with Crippen molar-refractivity contribution >= 4 is 50.9 Å². The summed E-state index contributed by atoms with van der Waals surface area (Å²) in [6.45, 7) is 1.27. The fourth-order valence-corrected chi connectivity index (χ4v) is 7.53. The van der Waals surface area contributed by atoms with Gasteiger partial charge >= 0.3 is 0 Å². The highest BCUT2D eigenvalue weighted by atomic mass is 35.5. The van der Waals surface area contributed by atoms with Gasteiger partial charge in [-0.2, -0.15) is 11.8 Å². The number of rotatable bonds is 8. The van der Waals surface area contributed by atoms with Gasteiger partial charge in [0.25, 0.3) is 0 Å². The standard InChI is InChI=1S/C20H28Cl2N2O3S2/c21-18-8-3-9-19(22)17(18)14-29(26,27)24-11-4-5-15(13-24)20(25)23-10-12-28-16-6-1-2-7-16/h3,8-9,15-16H,1-2,4-7,10-14H2,(H,23,25). The van der Waals surface area contributed by atoms with Crippen LogP contribution in [0.3, 0.4) is 0 Å². The van der Waals surface area contributed by atoms with Crippen LogP contribution in [0.4, 0.5) is 0 Å². The highest BCUT2D eigenvalue weighted by Crippen LogP contribution is 2.30. The van der Waals surface area contributed by atoms with Crippen LogP contribution in [0.1, 0.15) is 44.1 Å². The van der Waals surface area contributed by atoms with E-state index in [2.05, 4.69) is 5.32 Å². The van der Waals surface area contributed by atoms with Gasteiger partial charge in [0.05, 0.1) is 11.7 Å². The average Bonchev–Trinajstić information content (AvgIpc) is 3.22. The van der Waals surface area contributed by atoms with Gasteiger partial charge in [-0.15, -0.1) is 0 Å². The monoisotopic (exact) mass is 478 g/mol. The Morgan fingerprint density at radius 3 is 2.52 bits per heavy atom. The fourth-order valence-electron chi connectivity index (χ4n) is 3.95. The molecule has 2 aliphatic rings. The Kier molecular flexibility index (Phi) is 8.57. The number of carbonyl (C=O) groups excluding carboxylic acids is 1. The Balaban J connectivity index is 1.51. The van der Waals surface area contributed by atoms with Crippen LogP contribution in [0.2, 0.25) is 10.0 Å². The second-order valence-corrected chi connectivity index (χ2v) is 11.9. The van der Waals surface area contributed by atoms with Gasteiger partial charge in [-0.25, -0.2) is 12.7 Å². The van der Waals surface area contributed by atoms with Crippen molar-refractivity contribution in [1.29, 1.82) is 0 Å². The van der Waals surface area contributed by atoms with Crippen molar-refractivity contribution in [1.82, 2.24) is 9.62 Å². The number of nitrogens with one attached hydrogen (secondary N) is 1. The SMILES string of the molecule is O=C(NCCSC1CCCC1)C1CCCN(S(=O)(=O)Cc2c(Cl)cccc2Cl)C1. The van der Waals surface area contributed by atoms with Crippen molar-refractivity contribution in [2.75, 3.05) is 25.4 Å². The molecule has 1 saturated heterocycles.